The van der Waals surface area contributed by atoms with Crippen molar-refractivity contribution in [2.24, 2.45) is 0 Å². The molecule has 0 saturated carbocycles. The molecule has 8 rings (SSSR count). The van der Waals surface area contributed by atoms with E-state index in [-0.39, 0.29) is 23.7 Å². The number of fused-ring (bicyclic) bond motifs is 4. The highest BCUT2D eigenvalue weighted by molar-refractivity contribution is 6.01. The van der Waals surface area contributed by atoms with Gasteiger partial charge in [0.2, 0.25) is 5.91 Å². The Labute approximate surface area is 264 Å². The van der Waals surface area contributed by atoms with Gasteiger partial charge in [-0.1, -0.05) is 30.3 Å². The van der Waals surface area contributed by atoms with Crippen LogP contribution in [-0.4, -0.2) is 107 Å². The number of piperazine rings is 1. The maximum absolute atomic E-state index is 13.4. The van der Waals surface area contributed by atoms with Gasteiger partial charge in [-0.2, -0.15) is 9.97 Å². The highest BCUT2D eigenvalue weighted by Gasteiger charge is 2.43. The molecule has 5 heterocycles. The summed E-state index contributed by atoms with van der Waals surface area (Å²) in [5.41, 5.74) is 2.77. The molecule has 2 bridgehead atoms. The molecule has 4 saturated heterocycles. The number of phenolic OH excluding ortho intramolecular Hbond substituents is 1. The summed E-state index contributed by atoms with van der Waals surface area (Å²) in [5, 5.41) is 13.6. The molecule has 4 aliphatic heterocycles. The van der Waals surface area contributed by atoms with Crippen molar-refractivity contribution in [1.82, 2.24) is 24.7 Å². The third-order valence-electron chi connectivity index (χ3n) is 10.5. The summed E-state index contributed by atoms with van der Waals surface area (Å²) in [7, 11) is 2.15. The molecule has 9 nitrogen and oxygen atoms in total. The lowest BCUT2D eigenvalue weighted by Gasteiger charge is -2.42. The van der Waals surface area contributed by atoms with Crippen LogP contribution in [0, 0.1) is 0 Å². The number of likely N-dealkylation sites (tertiary alicyclic amines) is 2. The monoisotopic (exact) mass is 606 g/mol. The quantitative estimate of drug-likeness (QED) is 0.318. The van der Waals surface area contributed by atoms with Crippen molar-refractivity contribution in [3.05, 3.63) is 54.6 Å². The molecule has 4 aliphatic rings. The van der Waals surface area contributed by atoms with Crippen molar-refractivity contribution in [3.8, 4) is 22.9 Å². The molecule has 1 N–H and O–H groups in total. The van der Waals surface area contributed by atoms with Gasteiger partial charge in [-0.15, -0.1) is 0 Å². The average Bonchev–Trinajstić information content (AvgIpc) is 3.78. The van der Waals surface area contributed by atoms with Crippen LogP contribution in [0.25, 0.3) is 32.8 Å². The number of anilines is 1. The van der Waals surface area contributed by atoms with Crippen molar-refractivity contribution < 1.29 is 14.6 Å². The molecule has 9 heteroatoms. The summed E-state index contributed by atoms with van der Waals surface area (Å²) in [6, 6.07) is 19.2. The molecule has 0 aliphatic carbocycles. The number of hydrogen-bond acceptors (Lipinski definition) is 8. The summed E-state index contributed by atoms with van der Waals surface area (Å²) < 4.78 is 6.34. The van der Waals surface area contributed by atoms with Crippen LogP contribution in [0.2, 0.25) is 0 Å². The molecule has 234 valence electrons. The van der Waals surface area contributed by atoms with E-state index in [9.17, 15) is 9.90 Å². The highest BCUT2D eigenvalue weighted by Crippen LogP contribution is 2.38. The first-order valence-electron chi connectivity index (χ1n) is 16.7. The van der Waals surface area contributed by atoms with Crippen molar-refractivity contribution in [1.29, 1.82) is 0 Å². The molecule has 1 aromatic heterocycles. The predicted octanol–water partition coefficient (Wildman–Crippen LogP) is 4.90. The Morgan fingerprint density at radius 2 is 1.71 bits per heavy atom. The molecule has 3 atom stereocenters. The van der Waals surface area contributed by atoms with Crippen molar-refractivity contribution in [3.63, 3.8) is 0 Å². The largest absolute Gasteiger partial charge is 0.508 e. The first kappa shape index (κ1) is 28.5. The molecule has 4 fully saturated rings. The summed E-state index contributed by atoms with van der Waals surface area (Å²) in [6.45, 7) is 5.78. The van der Waals surface area contributed by atoms with Crippen molar-refractivity contribution in [2.75, 3.05) is 57.8 Å². The maximum atomic E-state index is 13.4. The first-order valence-corrected chi connectivity index (χ1v) is 16.7. The van der Waals surface area contributed by atoms with Crippen LogP contribution in [0.15, 0.2) is 54.6 Å². The van der Waals surface area contributed by atoms with Crippen LogP contribution in [0.1, 0.15) is 38.5 Å². The number of amides is 1. The lowest BCUT2D eigenvalue weighted by Crippen LogP contribution is -2.57. The fraction of sp³-hybridized carbons (Fsp3) is 0.472. The number of likely N-dealkylation sites (N-methyl/N-ethyl adjacent to an activating group) is 1. The van der Waals surface area contributed by atoms with E-state index < -0.39 is 0 Å². The zero-order valence-corrected chi connectivity index (χ0v) is 26.1. The fourth-order valence-electron chi connectivity index (χ4n) is 8.16. The molecule has 2 unspecified atom stereocenters. The van der Waals surface area contributed by atoms with Gasteiger partial charge in [0.1, 0.15) is 18.2 Å². The standard InChI is InChI=1S/C36H42N6O3/c1-39-14-6-8-28(39)23-45-36-37-33-18-25(32-19-29(43)17-24-7-2-3-9-30(24)32)10-13-31(33)35(38-36)41-20-26-11-12-27(21-41)42(26)34(44)22-40-15-4-5-16-40/h2-3,7,9-10,13,17-19,26-28,43H,4-6,8,11-12,14-16,20-23H2,1H3/t26?,27?,28-/m0/s1. The van der Waals surface area contributed by atoms with Gasteiger partial charge in [0.05, 0.1) is 12.1 Å². The Kier molecular flexibility index (Phi) is 7.46. The van der Waals surface area contributed by atoms with E-state index in [1.807, 2.05) is 24.3 Å². The zero-order valence-electron chi connectivity index (χ0n) is 26.1. The van der Waals surface area contributed by atoms with Gasteiger partial charge < -0.3 is 24.5 Å². The number of benzene rings is 3. The van der Waals surface area contributed by atoms with E-state index in [4.69, 9.17) is 14.7 Å². The van der Waals surface area contributed by atoms with E-state index in [2.05, 4.69) is 50.9 Å². The fourth-order valence-corrected chi connectivity index (χ4v) is 8.16. The van der Waals surface area contributed by atoms with Crippen molar-refractivity contribution in [2.45, 2.75) is 56.7 Å². The lowest BCUT2D eigenvalue weighted by molar-refractivity contribution is -0.135. The smallest absolute Gasteiger partial charge is 0.319 e. The van der Waals surface area contributed by atoms with Crippen LogP contribution in [0.5, 0.6) is 11.8 Å². The van der Waals surface area contributed by atoms with Crippen LogP contribution in [0.3, 0.4) is 0 Å². The number of nitrogens with zero attached hydrogens (tertiary/aromatic N) is 6. The number of ether oxygens (including phenoxy) is 1. The number of aromatic hydroxyl groups is 1. The van der Waals surface area contributed by atoms with E-state index in [0.717, 1.165) is 90.6 Å². The number of hydrogen-bond donors (Lipinski definition) is 1. The molecular formula is C36H42N6O3. The minimum Gasteiger partial charge on any atom is -0.508 e. The Bertz CT molecular complexity index is 1730. The minimum absolute atomic E-state index is 0.193. The van der Waals surface area contributed by atoms with Crippen LogP contribution in [0.4, 0.5) is 5.82 Å². The normalized spacial score (nSPS) is 23.9. The van der Waals surface area contributed by atoms with E-state index in [1.54, 1.807) is 6.07 Å². The second-order valence-electron chi connectivity index (χ2n) is 13.4. The third-order valence-corrected chi connectivity index (χ3v) is 10.5. The summed E-state index contributed by atoms with van der Waals surface area (Å²) in [5.74, 6) is 1.40. The van der Waals surface area contributed by atoms with Crippen molar-refractivity contribution >= 4 is 33.4 Å². The Balaban J connectivity index is 1.14. The second kappa shape index (κ2) is 11.8. The van der Waals surface area contributed by atoms with Crippen LogP contribution < -0.4 is 9.64 Å². The maximum Gasteiger partial charge on any atom is 0.319 e. The van der Waals surface area contributed by atoms with Crippen LogP contribution >= 0.6 is 0 Å². The summed E-state index contributed by atoms with van der Waals surface area (Å²) >= 11 is 0. The number of rotatable bonds is 7. The molecular weight excluding hydrogens is 564 g/mol. The number of carbonyl (C=O) groups is 1. The first-order chi connectivity index (χ1) is 22.0. The molecule has 1 amide bonds. The zero-order chi connectivity index (χ0) is 30.5. The molecule has 0 spiro atoms. The second-order valence-corrected chi connectivity index (χ2v) is 13.4. The molecule has 0 radical (unpaired) electrons. The summed E-state index contributed by atoms with van der Waals surface area (Å²) in [4.78, 5) is 32.7. The van der Waals surface area contributed by atoms with Gasteiger partial charge in [-0.05, 0) is 111 Å². The van der Waals surface area contributed by atoms with E-state index >= 15 is 0 Å². The van der Waals surface area contributed by atoms with Gasteiger partial charge >= 0.3 is 6.01 Å². The topological polar surface area (TPSA) is 85.3 Å². The van der Waals surface area contributed by atoms with Crippen LogP contribution in [-0.2, 0) is 4.79 Å². The summed E-state index contributed by atoms with van der Waals surface area (Å²) in [6.07, 6.45) is 6.74. The lowest BCUT2D eigenvalue weighted by atomic mass is 9.97. The average molecular weight is 607 g/mol. The van der Waals surface area contributed by atoms with Gasteiger partial charge in [-0.25, -0.2) is 0 Å². The van der Waals surface area contributed by atoms with Gasteiger partial charge in [0.15, 0.2) is 0 Å². The highest BCUT2D eigenvalue weighted by atomic mass is 16.5. The number of phenols is 1. The Hall–Kier alpha value is -3.95. The number of aromatic nitrogens is 2. The Morgan fingerprint density at radius 3 is 2.49 bits per heavy atom. The minimum atomic E-state index is 0.193. The Morgan fingerprint density at radius 1 is 0.911 bits per heavy atom. The third kappa shape index (κ3) is 5.46. The van der Waals surface area contributed by atoms with E-state index in [1.165, 1.54) is 19.3 Å². The number of carbonyl (C=O) groups excluding carboxylic acids is 1. The molecule has 4 aromatic rings. The SMILES string of the molecule is CN1CCC[C@H]1COc1nc(N2CC3CCC(C2)N3C(=O)CN2CCCC2)c2ccc(-c3cc(O)cc4ccccc34)cc2n1. The predicted molar refractivity (Wildman–Crippen MR) is 177 cm³/mol. The van der Waals surface area contributed by atoms with E-state index in [0.29, 0.717) is 25.2 Å². The van der Waals surface area contributed by atoms with Gasteiger partial charge in [-0.3, -0.25) is 9.69 Å². The molecule has 3 aromatic carbocycles. The molecule has 45 heavy (non-hydrogen) atoms. The van der Waals surface area contributed by atoms with Gasteiger partial charge in [0.25, 0.3) is 0 Å². The van der Waals surface area contributed by atoms with Gasteiger partial charge in [0, 0.05) is 36.6 Å².